The molecule has 1 fully saturated rings. The van der Waals surface area contributed by atoms with E-state index < -0.39 is 5.97 Å². The highest BCUT2D eigenvalue weighted by Crippen LogP contribution is 2.32. The van der Waals surface area contributed by atoms with Gasteiger partial charge in [-0.1, -0.05) is 42.5 Å². The maximum Gasteiger partial charge on any atom is 0.325 e. The maximum atomic E-state index is 13.6. The third kappa shape index (κ3) is 5.71. The van der Waals surface area contributed by atoms with Crippen LogP contribution in [0.5, 0.6) is 11.5 Å². The Kier molecular flexibility index (Phi) is 8.14. The summed E-state index contributed by atoms with van der Waals surface area (Å²) in [7, 11) is 2.86. The number of carbonyl (C=O) groups is 2. The Morgan fingerprint density at radius 2 is 1.70 bits per heavy atom. The summed E-state index contributed by atoms with van der Waals surface area (Å²) in [6.07, 6.45) is 1.69. The predicted octanol–water partition coefficient (Wildman–Crippen LogP) is 6.34. The molecule has 0 saturated carbocycles. The van der Waals surface area contributed by atoms with E-state index in [-0.39, 0.29) is 23.3 Å². The Labute approximate surface area is 245 Å². The number of anilines is 1. The van der Waals surface area contributed by atoms with Gasteiger partial charge in [-0.3, -0.25) is 14.5 Å². The van der Waals surface area contributed by atoms with Crippen molar-refractivity contribution in [3.8, 4) is 11.5 Å². The summed E-state index contributed by atoms with van der Waals surface area (Å²) in [5.74, 6) is 0.439. The van der Waals surface area contributed by atoms with Gasteiger partial charge >= 0.3 is 5.97 Å². The van der Waals surface area contributed by atoms with Crippen LogP contribution in [0.25, 0.3) is 16.8 Å². The molecule has 9 heteroatoms. The van der Waals surface area contributed by atoms with Gasteiger partial charge in [0.05, 0.1) is 24.4 Å². The number of hydrogen-bond donors (Lipinski definition) is 0. The van der Waals surface area contributed by atoms with Crippen LogP contribution in [0.2, 0.25) is 0 Å². The molecule has 4 aromatic carbocycles. The number of ether oxygens (including phenoxy) is 3. The molecule has 5 rings (SSSR count). The van der Waals surface area contributed by atoms with Crippen molar-refractivity contribution in [3.05, 3.63) is 106 Å². The second-order valence-corrected chi connectivity index (χ2v) is 10.2. The molecule has 1 aliphatic heterocycles. The minimum absolute atomic E-state index is 0.182. The highest BCUT2D eigenvalue weighted by molar-refractivity contribution is 9.10. The first-order valence-electron chi connectivity index (χ1n) is 12.4. The van der Waals surface area contributed by atoms with Crippen LogP contribution in [0.1, 0.15) is 11.1 Å². The number of rotatable bonds is 8. The molecule has 0 bridgehead atoms. The fraction of sp³-hybridized carbons (Fsp3) is 0.129. The molecule has 4 aromatic rings. The molecule has 0 radical (unpaired) electrons. The average Bonchev–Trinajstić information content (AvgIpc) is 3.20. The van der Waals surface area contributed by atoms with Gasteiger partial charge in [0.15, 0.2) is 5.11 Å². The Morgan fingerprint density at radius 3 is 2.40 bits per heavy atom. The molecular weight excluding hydrogens is 592 g/mol. The number of amides is 1. The number of thiocarbonyl (C=S) groups is 1. The van der Waals surface area contributed by atoms with Crippen molar-refractivity contribution in [2.45, 2.75) is 6.61 Å². The predicted molar refractivity (Wildman–Crippen MR) is 162 cm³/mol. The normalized spacial score (nSPS) is 14.2. The Morgan fingerprint density at radius 1 is 0.950 bits per heavy atom. The lowest BCUT2D eigenvalue weighted by atomic mass is 10.1. The smallest absolute Gasteiger partial charge is 0.325 e. The van der Waals surface area contributed by atoms with Crippen LogP contribution in [0.4, 0.5) is 5.69 Å². The van der Waals surface area contributed by atoms with Crippen LogP contribution in [-0.2, 0) is 20.9 Å². The molecule has 0 spiro atoms. The van der Waals surface area contributed by atoms with Gasteiger partial charge in [0.1, 0.15) is 30.3 Å². The number of benzene rings is 4. The summed E-state index contributed by atoms with van der Waals surface area (Å²) in [5, 5.41) is 2.52. The maximum absolute atomic E-state index is 13.6. The van der Waals surface area contributed by atoms with Gasteiger partial charge in [-0.05, 0) is 98.6 Å². The van der Waals surface area contributed by atoms with E-state index in [9.17, 15) is 9.59 Å². The minimum atomic E-state index is -0.517. The van der Waals surface area contributed by atoms with Crippen molar-refractivity contribution in [1.82, 2.24) is 4.90 Å². The molecule has 7 nitrogen and oxygen atoms in total. The van der Waals surface area contributed by atoms with Crippen molar-refractivity contribution >= 4 is 67.7 Å². The van der Waals surface area contributed by atoms with Gasteiger partial charge in [-0.15, -0.1) is 0 Å². The monoisotopic (exact) mass is 616 g/mol. The van der Waals surface area contributed by atoms with Crippen molar-refractivity contribution in [2.24, 2.45) is 0 Å². The van der Waals surface area contributed by atoms with Crippen LogP contribution < -0.4 is 14.4 Å². The Hall–Kier alpha value is -4.21. The van der Waals surface area contributed by atoms with E-state index in [1.165, 1.54) is 22.3 Å². The van der Waals surface area contributed by atoms with E-state index in [0.29, 0.717) is 23.8 Å². The molecular formula is C31H25BrN2O5S. The fourth-order valence-corrected chi connectivity index (χ4v) is 5.22. The molecule has 1 heterocycles. The Bertz CT molecular complexity index is 1640. The van der Waals surface area contributed by atoms with E-state index in [1.54, 1.807) is 37.5 Å². The van der Waals surface area contributed by atoms with Crippen LogP contribution >= 0.6 is 28.1 Å². The Balaban J connectivity index is 1.39. The van der Waals surface area contributed by atoms with Crippen molar-refractivity contribution in [2.75, 3.05) is 25.7 Å². The van der Waals surface area contributed by atoms with Crippen LogP contribution in [0, 0.1) is 0 Å². The van der Waals surface area contributed by atoms with E-state index in [4.69, 9.17) is 26.4 Å². The highest BCUT2D eigenvalue weighted by atomic mass is 79.9. The first-order valence-corrected chi connectivity index (χ1v) is 13.6. The average molecular weight is 618 g/mol. The first-order chi connectivity index (χ1) is 19.4. The molecule has 40 heavy (non-hydrogen) atoms. The number of methoxy groups -OCH3 is 2. The topological polar surface area (TPSA) is 68.3 Å². The summed E-state index contributed by atoms with van der Waals surface area (Å²) in [6.45, 7) is 0.202. The van der Waals surface area contributed by atoms with Gasteiger partial charge in [0.25, 0.3) is 5.91 Å². The highest BCUT2D eigenvalue weighted by Gasteiger charge is 2.40. The zero-order chi connectivity index (χ0) is 28.2. The number of nitrogens with zero attached hydrogens (tertiary/aromatic N) is 2. The van der Waals surface area contributed by atoms with Crippen molar-refractivity contribution < 1.29 is 23.8 Å². The van der Waals surface area contributed by atoms with Gasteiger partial charge in [0.2, 0.25) is 0 Å². The van der Waals surface area contributed by atoms with Crippen molar-refractivity contribution in [3.63, 3.8) is 0 Å². The lowest BCUT2D eigenvalue weighted by molar-refractivity contribution is -0.140. The molecule has 1 aliphatic rings. The fourth-order valence-electron chi connectivity index (χ4n) is 4.36. The number of carbonyl (C=O) groups excluding carboxylic acids is 2. The number of fused-ring (bicyclic) bond motifs is 1. The first kappa shape index (κ1) is 27.4. The van der Waals surface area contributed by atoms with Gasteiger partial charge in [-0.2, -0.15) is 0 Å². The van der Waals surface area contributed by atoms with E-state index >= 15 is 0 Å². The summed E-state index contributed by atoms with van der Waals surface area (Å²) in [5.41, 5.74) is 2.59. The van der Waals surface area contributed by atoms with E-state index in [1.807, 2.05) is 36.4 Å². The summed E-state index contributed by atoms with van der Waals surface area (Å²) in [4.78, 5) is 28.6. The zero-order valence-corrected chi connectivity index (χ0v) is 24.2. The summed E-state index contributed by atoms with van der Waals surface area (Å²) in [6, 6.07) is 26.9. The zero-order valence-electron chi connectivity index (χ0n) is 21.8. The third-order valence-corrected chi connectivity index (χ3v) is 7.47. The lowest BCUT2D eigenvalue weighted by Gasteiger charge is -2.19. The molecule has 0 N–H and O–H groups in total. The van der Waals surface area contributed by atoms with Crippen LogP contribution in [0.15, 0.2) is 95.1 Å². The van der Waals surface area contributed by atoms with Gasteiger partial charge in [0, 0.05) is 0 Å². The minimum Gasteiger partial charge on any atom is -0.497 e. The lowest BCUT2D eigenvalue weighted by Crippen LogP contribution is -2.35. The number of hydrogen-bond acceptors (Lipinski definition) is 6. The summed E-state index contributed by atoms with van der Waals surface area (Å²) >= 11 is 9.21. The molecule has 1 saturated heterocycles. The summed E-state index contributed by atoms with van der Waals surface area (Å²) < 4.78 is 16.9. The third-order valence-electron chi connectivity index (χ3n) is 6.45. The van der Waals surface area contributed by atoms with Gasteiger partial charge < -0.3 is 19.1 Å². The van der Waals surface area contributed by atoms with Crippen LogP contribution in [-0.4, -0.2) is 42.7 Å². The second-order valence-electron chi connectivity index (χ2n) is 8.97. The van der Waals surface area contributed by atoms with E-state index in [2.05, 4.69) is 40.2 Å². The van der Waals surface area contributed by atoms with Crippen LogP contribution in [0.3, 0.4) is 0 Å². The molecule has 202 valence electrons. The molecule has 1 amide bonds. The molecule has 0 aromatic heterocycles. The van der Waals surface area contributed by atoms with E-state index in [0.717, 1.165) is 21.0 Å². The second kappa shape index (κ2) is 11.9. The standard InChI is InChI=1S/C31H25BrN2O5S/c1-37-25-12-10-24(11-13-25)34-30(36)27(33(31(34)40)18-29(35)38-2)17-20-8-14-28(26(32)16-20)39-19-21-7-9-22-5-3-4-6-23(22)15-21/h3-17H,18-19H2,1-2H3/b27-17-. The molecule has 0 unspecified atom stereocenters. The van der Waals surface area contributed by atoms with Crippen molar-refractivity contribution in [1.29, 1.82) is 0 Å². The molecule has 0 atom stereocenters. The molecule has 0 aliphatic carbocycles. The van der Waals surface area contributed by atoms with Gasteiger partial charge in [-0.25, -0.2) is 0 Å². The SMILES string of the molecule is COC(=O)CN1C(=S)N(c2ccc(OC)cc2)C(=O)/C1=C/c1ccc(OCc2ccc3ccccc3c2)c(Br)c1. The number of esters is 1. The quantitative estimate of drug-likeness (QED) is 0.130. The number of halogens is 1. The largest absolute Gasteiger partial charge is 0.497 e.